The van der Waals surface area contributed by atoms with E-state index < -0.39 is 0 Å². The molecule has 2 aromatic carbocycles. The zero-order valence-corrected chi connectivity index (χ0v) is 13.6. The van der Waals surface area contributed by atoms with E-state index in [1.165, 1.54) is 19.3 Å². The molecule has 0 radical (unpaired) electrons. The summed E-state index contributed by atoms with van der Waals surface area (Å²) in [6.07, 6.45) is 7.03. The van der Waals surface area contributed by atoms with Gasteiger partial charge >= 0.3 is 0 Å². The van der Waals surface area contributed by atoms with Gasteiger partial charge < -0.3 is 4.74 Å². The summed E-state index contributed by atoms with van der Waals surface area (Å²) < 4.78 is 6.14. The Morgan fingerprint density at radius 3 is 2.59 bits per heavy atom. The first-order chi connectivity index (χ1) is 10.7. The first kappa shape index (κ1) is 15.4. The van der Waals surface area contributed by atoms with Crippen molar-refractivity contribution in [2.45, 2.75) is 45.1 Å². The third kappa shape index (κ3) is 3.12. The summed E-state index contributed by atoms with van der Waals surface area (Å²) >= 11 is 6.50. The van der Waals surface area contributed by atoms with E-state index in [-0.39, 0.29) is 6.10 Å². The molecule has 1 saturated carbocycles. The third-order valence-electron chi connectivity index (χ3n) is 4.75. The zero-order chi connectivity index (χ0) is 15.5. The Balaban J connectivity index is 1.82. The summed E-state index contributed by atoms with van der Waals surface area (Å²) in [7, 11) is 0. The molecule has 1 fully saturated rings. The molecule has 0 bridgehead atoms. The van der Waals surface area contributed by atoms with Crippen molar-refractivity contribution < 1.29 is 9.53 Å². The van der Waals surface area contributed by atoms with Crippen LogP contribution in [0.2, 0.25) is 5.02 Å². The molecule has 3 rings (SSSR count). The molecule has 22 heavy (non-hydrogen) atoms. The SMILES string of the molecule is CC[C@H]1CC[C@@H](Oc2ccc3ccc(C=O)cc3c2Cl)CC1. The fourth-order valence-corrected chi connectivity index (χ4v) is 3.55. The Hall–Kier alpha value is -1.54. The largest absolute Gasteiger partial charge is 0.489 e. The van der Waals surface area contributed by atoms with E-state index in [1.807, 2.05) is 24.3 Å². The van der Waals surface area contributed by atoms with Crippen molar-refractivity contribution >= 4 is 28.7 Å². The summed E-state index contributed by atoms with van der Waals surface area (Å²) in [5.74, 6) is 1.58. The van der Waals surface area contributed by atoms with E-state index in [9.17, 15) is 4.79 Å². The number of rotatable bonds is 4. The molecular weight excluding hydrogens is 296 g/mol. The fourth-order valence-electron chi connectivity index (χ4n) is 3.28. The maximum atomic E-state index is 10.9. The van der Waals surface area contributed by atoms with Crippen molar-refractivity contribution in [1.82, 2.24) is 0 Å². The van der Waals surface area contributed by atoms with Crippen molar-refractivity contribution in [3.05, 3.63) is 40.9 Å². The van der Waals surface area contributed by atoms with E-state index in [4.69, 9.17) is 16.3 Å². The average molecular weight is 317 g/mol. The van der Waals surface area contributed by atoms with E-state index in [2.05, 4.69) is 6.92 Å². The number of halogens is 1. The lowest BCUT2D eigenvalue weighted by Crippen LogP contribution is -2.24. The van der Waals surface area contributed by atoms with Gasteiger partial charge in [0, 0.05) is 10.9 Å². The number of carbonyl (C=O) groups is 1. The van der Waals surface area contributed by atoms with Crippen LogP contribution in [-0.4, -0.2) is 12.4 Å². The molecule has 0 unspecified atom stereocenters. The molecule has 0 aromatic heterocycles. The van der Waals surface area contributed by atoms with Crippen LogP contribution in [0.15, 0.2) is 30.3 Å². The van der Waals surface area contributed by atoms with Gasteiger partial charge in [0.2, 0.25) is 0 Å². The van der Waals surface area contributed by atoms with Gasteiger partial charge in [0.1, 0.15) is 12.0 Å². The lowest BCUT2D eigenvalue weighted by atomic mass is 9.86. The van der Waals surface area contributed by atoms with Crippen LogP contribution in [0.4, 0.5) is 0 Å². The van der Waals surface area contributed by atoms with Gasteiger partial charge in [-0.25, -0.2) is 0 Å². The highest BCUT2D eigenvalue weighted by atomic mass is 35.5. The van der Waals surface area contributed by atoms with Crippen molar-refractivity contribution in [3.8, 4) is 5.75 Å². The number of carbonyl (C=O) groups excluding carboxylic acids is 1. The van der Waals surface area contributed by atoms with Crippen LogP contribution in [0.1, 0.15) is 49.4 Å². The summed E-state index contributed by atoms with van der Waals surface area (Å²) in [4.78, 5) is 10.9. The monoisotopic (exact) mass is 316 g/mol. The van der Waals surface area contributed by atoms with E-state index in [0.29, 0.717) is 10.6 Å². The molecule has 2 nitrogen and oxygen atoms in total. The molecule has 2 aromatic rings. The normalized spacial score (nSPS) is 21.7. The van der Waals surface area contributed by atoms with Gasteiger partial charge in [0.25, 0.3) is 0 Å². The maximum Gasteiger partial charge on any atom is 0.150 e. The highest BCUT2D eigenvalue weighted by Gasteiger charge is 2.22. The summed E-state index contributed by atoms with van der Waals surface area (Å²) in [5.41, 5.74) is 0.634. The van der Waals surface area contributed by atoms with Crippen LogP contribution in [0.5, 0.6) is 5.75 Å². The second kappa shape index (κ2) is 6.70. The van der Waals surface area contributed by atoms with Gasteiger partial charge in [-0.1, -0.05) is 43.1 Å². The molecule has 0 saturated heterocycles. The van der Waals surface area contributed by atoms with Crippen molar-refractivity contribution in [1.29, 1.82) is 0 Å². The molecule has 1 aliphatic carbocycles. The second-order valence-electron chi connectivity index (χ2n) is 6.14. The standard InChI is InChI=1S/C19H21ClO2/c1-2-13-4-8-16(9-5-13)22-18-10-7-15-6-3-14(12-21)11-17(15)19(18)20/h3,6-7,10-13,16H,2,4-5,8-9H2,1H3/t13-,16+. The highest BCUT2D eigenvalue weighted by molar-refractivity contribution is 6.37. The molecule has 1 aliphatic rings. The Kier molecular flexibility index (Phi) is 4.68. The highest BCUT2D eigenvalue weighted by Crippen LogP contribution is 2.36. The molecule has 0 aliphatic heterocycles. The summed E-state index contributed by atoms with van der Waals surface area (Å²) in [6, 6.07) is 9.49. The number of ether oxygens (including phenoxy) is 1. The van der Waals surface area contributed by atoms with Crippen LogP contribution >= 0.6 is 11.6 Å². The van der Waals surface area contributed by atoms with Crippen molar-refractivity contribution in [2.24, 2.45) is 5.92 Å². The van der Waals surface area contributed by atoms with Crippen LogP contribution in [0.3, 0.4) is 0 Å². The lowest BCUT2D eigenvalue weighted by molar-refractivity contribution is 0.112. The molecular formula is C19H21ClO2. The second-order valence-corrected chi connectivity index (χ2v) is 6.52. The van der Waals surface area contributed by atoms with Crippen molar-refractivity contribution in [3.63, 3.8) is 0 Å². The fraction of sp³-hybridized carbons (Fsp3) is 0.421. The molecule has 116 valence electrons. The predicted octanol–water partition coefficient (Wildman–Crippen LogP) is 5.65. The first-order valence-electron chi connectivity index (χ1n) is 8.05. The van der Waals surface area contributed by atoms with Crippen LogP contribution in [0.25, 0.3) is 10.8 Å². The van der Waals surface area contributed by atoms with Gasteiger partial charge in [0.05, 0.1) is 11.1 Å². The van der Waals surface area contributed by atoms with Gasteiger partial charge in [-0.2, -0.15) is 0 Å². The van der Waals surface area contributed by atoms with Gasteiger partial charge in [-0.3, -0.25) is 4.79 Å². The minimum absolute atomic E-state index is 0.256. The Morgan fingerprint density at radius 2 is 1.91 bits per heavy atom. The number of aldehydes is 1. The third-order valence-corrected chi connectivity index (χ3v) is 5.14. The summed E-state index contributed by atoms with van der Waals surface area (Å²) in [5, 5.41) is 2.52. The number of fused-ring (bicyclic) bond motifs is 1. The van der Waals surface area contributed by atoms with Crippen LogP contribution in [-0.2, 0) is 0 Å². The van der Waals surface area contributed by atoms with E-state index in [1.54, 1.807) is 6.07 Å². The van der Waals surface area contributed by atoms with E-state index in [0.717, 1.165) is 41.6 Å². The maximum absolute atomic E-state index is 10.9. The quantitative estimate of drug-likeness (QED) is 0.681. The molecule has 0 amide bonds. The summed E-state index contributed by atoms with van der Waals surface area (Å²) in [6.45, 7) is 2.26. The molecule has 0 heterocycles. The zero-order valence-electron chi connectivity index (χ0n) is 12.8. The molecule has 0 spiro atoms. The smallest absolute Gasteiger partial charge is 0.150 e. The minimum atomic E-state index is 0.256. The van der Waals surface area contributed by atoms with Crippen LogP contribution < -0.4 is 4.74 Å². The van der Waals surface area contributed by atoms with Crippen molar-refractivity contribution in [2.75, 3.05) is 0 Å². The molecule has 3 heteroatoms. The lowest BCUT2D eigenvalue weighted by Gasteiger charge is -2.28. The van der Waals surface area contributed by atoms with Gasteiger partial charge in [-0.05, 0) is 49.1 Å². The van der Waals surface area contributed by atoms with E-state index >= 15 is 0 Å². The van der Waals surface area contributed by atoms with Gasteiger partial charge in [0.15, 0.2) is 0 Å². The topological polar surface area (TPSA) is 26.3 Å². The Bertz CT molecular complexity index is 672. The number of hydrogen-bond acceptors (Lipinski definition) is 2. The number of benzene rings is 2. The number of hydrogen-bond donors (Lipinski definition) is 0. The minimum Gasteiger partial charge on any atom is -0.489 e. The Morgan fingerprint density at radius 1 is 1.18 bits per heavy atom. The average Bonchev–Trinajstić information content (AvgIpc) is 2.58. The van der Waals surface area contributed by atoms with Gasteiger partial charge in [-0.15, -0.1) is 0 Å². The Labute approximate surface area is 136 Å². The molecule has 0 N–H and O–H groups in total. The molecule has 0 atom stereocenters. The predicted molar refractivity (Wildman–Crippen MR) is 91.0 cm³/mol. The van der Waals surface area contributed by atoms with Crippen LogP contribution in [0, 0.1) is 5.92 Å². The first-order valence-corrected chi connectivity index (χ1v) is 8.43.